The van der Waals surface area contributed by atoms with Crippen LogP contribution < -0.4 is 0 Å². The van der Waals surface area contributed by atoms with Gasteiger partial charge in [-0.15, -0.1) is 0 Å². The zero-order valence-corrected chi connectivity index (χ0v) is 13.2. The minimum atomic E-state index is -0.514. The summed E-state index contributed by atoms with van der Waals surface area (Å²) in [4.78, 5) is 14.1. The van der Waals surface area contributed by atoms with E-state index in [0.717, 1.165) is 32.4 Å². The van der Waals surface area contributed by atoms with Gasteiger partial charge in [-0.1, -0.05) is 44.2 Å². The molecule has 0 radical (unpaired) electrons. The fourth-order valence-corrected chi connectivity index (χ4v) is 2.88. The van der Waals surface area contributed by atoms with E-state index < -0.39 is 6.10 Å². The largest absolute Gasteiger partial charge is 0.392 e. The molecule has 1 aliphatic rings. The summed E-state index contributed by atoms with van der Waals surface area (Å²) in [7, 11) is 0. The molecule has 1 atom stereocenters. The number of hydrogen-bond donors (Lipinski definition) is 1. The molecule has 2 rings (SSSR count). The Labute approximate surface area is 128 Å². The van der Waals surface area contributed by atoms with Crippen LogP contribution in [-0.4, -0.2) is 35.1 Å². The number of aliphatic hydroxyl groups is 1. The zero-order valence-electron chi connectivity index (χ0n) is 13.2. The van der Waals surface area contributed by atoms with Crippen molar-refractivity contribution < 1.29 is 9.90 Å². The number of rotatable bonds is 5. The smallest absolute Gasteiger partial charge is 0.225 e. The Kier molecular flexibility index (Phi) is 5.80. The maximum Gasteiger partial charge on any atom is 0.225 e. The van der Waals surface area contributed by atoms with Gasteiger partial charge in [-0.05, 0) is 36.7 Å². The third-order valence-corrected chi connectivity index (χ3v) is 4.49. The van der Waals surface area contributed by atoms with E-state index in [1.807, 2.05) is 24.8 Å². The second-order valence-electron chi connectivity index (χ2n) is 6.53. The summed E-state index contributed by atoms with van der Waals surface area (Å²) in [6, 6.07) is 10.6. The van der Waals surface area contributed by atoms with Gasteiger partial charge in [0.1, 0.15) is 0 Å². The maximum atomic E-state index is 12.1. The van der Waals surface area contributed by atoms with Crippen LogP contribution in [0.15, 0.2) is 30.3 Å². The summed E-state index contributed by atoms with van der Waals surface area (Å²) in [5.41, 5.74) is 1.39. The molecule has 0 spiro atoms. The molecular weight excluding hydrogens is 262 g/mol. The van der Waals surface area contributed by atoms with Crippen LogP contribution in [0.4, 0.5) is 0 Å². The van der Waals surface area contributed by atoms with Gasteiger partial charge in [-0.3, -0.25) is 4.79 Å². The first kappa shape index (κ1) is 16.0. The van der Waals surface area contributed by atoms with Crippen LogP contribution in [0, 0.1) is 11.8 Å². The fourth-order valence-electron chi connectivity index (χ4n) is 2.88. The van der Waals surface area contributed by atoms with E-state index in [0.29, 0.717) is 5.92 Å². The second-order valence-corrected chi connectivity index (χ2v) is 6.53. The Balaban J connectivity index is 1.76. The van der Waals surface area contributed by atoms with E-state index in [1.165, 1.54) is 5.56 Å². The summed E-state index contributed by atoms with van der Waals surface area (Å²) in [5.74, 6) is 0.922. The molecule has 3 nitrogen and oxygen atoms in total. The van der Waals surface area contributed by atoms with Gasteiger partial charge in [0.25, 0.3) is 0 Å². The number of carbonyl (C=O) groups excluding carboxylic acids is 1. The van der Waals surface area contributed by atoms with Crippen molar-refractivity contribution in [3.05, 3.63) is 35.9 Å². The number of carbonyl (C=O) groups is 1. The van der Waals surface area contributed by atoms with Gasteiger partial charge in [0.05, 0.1) is 12.5 Å². The number of aliphatic hydroxyl groups excluding tert-OH is 1. The molecule has 1 aromatic rings. The SMILES string of the molecule is CC(C)C(O)CC(=O)N1CCC(Cc2ccccc2)CC1. The number of benzene rings is 1. The second kappa shape index (κ2) is 7.60. The molecule has 116 valence electrons. The van der Waals surface area contributed by atoms with Crippen molar-refractivity contribution >= 4 is 5.91 Å². The topological polar surface area (TPSA) is 40.5 Å². The lowest BCUT2D eigenvalue weighted by atomic mass is 9.90. The highest BCUT2D eigenvalue weighted by Gasteiger charge is 2.25. The Morgan fingerprint density at radius 3 is 2.43 bits per heavy atom. The van der Waals surface area contributed by atoms with E-state index in [2.05, 4.69) is 24.3 Å². The third-order valence-electron chi connectivity index (χ3n) is 4.49. The van der Waals surface area contributed by atoms with Crippen molar-refractivity contribution in [1.29, 1.82) is 0 Å². The van der Waals surface area contributed by atoms with E-state index in [9.17, 15) is 9.90 Å². The van der Waals surface area contributed by atoms with Crippen molar-refractivity contribution in [3.63, 3.8) is 0 Å². The lowest BCUT2D eigenvalue weighted by molar-refractivity contribution is -0.135. The van der Waals surface area contributed by atoms with Crippen LogP contribution >= 0.6 is 0 Å². The number of hydrogen-bond acceptors (Lipinski definition) is 2. The quantitative estimate of drug-likeness (QED) is 0.905. The van der Waals surface area contributed by atoms with Crippen molar-refractivity contribution in [2.45, 2.75) is 45.6 Å². The van der Waals surface area contributed by atoms with Gasteiger partial charge in [0.2, 0.25) is 5.91 Å². The molecule has 1 fully saturated rings. The molecule has 0 aromatic heterocycles. The summed E-state index contributed by atoms with van der Waals surface area (Å²) >= 11 is 0. The highest BCUT2D eigenvalue weighted by atomic mass is 16.3. The molecule has 1 aliphatic heterocycles. The van der Waals surface area contributed by atoms with E-state index in [4.69, 9.17) is 0 Å². The summed E-state index contributed by atoms with van der Waals surface area (Å²) in [6.07, 6.45) is 2.99. The Hall–Kier alpha value is -1.35. The molecular formula is C18H27NO2. The van der Waals surface area contributed by atoms with Crippen molar-refractivity contribution in [1.82, 2.24) is 4.90 Å². The van der Waals surface area contributed by atoms with Gasteiger partial charge in [0, 0.05) is 13.1 Å². The van der Waals surface area contributed by atoms with Crippen molar-refractivity contribution in [3.8, 4) is 0 Å². The molecule has 3 heteroatoms. The van der Waals surface area contributed by atoms with Gasteiger partial charge in [-0.2, -0.15) is 0 Å². The zero-order chi connectivity index (χ0) is 15.2. The van der Waals surface area contributed by atoms with Crippen molar-refractivity contribution in [2.75, 3.05) is 13.1 Å². The Morgan fingerprint density at radius 1 is 1.24 bits per heavy atom. The van der Waals surface area contributed by atoms with Crippen LogP contribution in [0.5, 0.6) is 0 Å². The highest BCUT2D eigenvalue weighted by Crippen LogP contribution is 2.22. The summed E-state index contributed by atoms with van der Waals surface area (Å²) in [6.45, 7) is 5.57. The number of piperidine rings is 1. The average molecular weight is 289 g/mol. The van der Waals surface area contributed by atoms with E-state index in [-0.39, 0.29) is 18.2 Å². The standard InChI is InChI=1S/C18H27NO2/c1-14(2)17(20)13-18(21)19-10-8-16(9-11-19)12-15-6-4-3-5-7-15/h3-7,14,16-17,20H,8-13H2,1-2H3. The lowest BCUT2D eigenvalue weighted by Gasteiger charge is -2.33. The maximum absolute atomic E-state index is 12.1. The first-order valence-corrected chi connectivity index (χ1v) is 8.06. The van der Waals surface area contributed by atoms with Crippen LogP contribution in [0.25, 0.3) is 0 Å². The van der Waals surface area contributed by atoms with Crippen LogP contribution in [0.2, 0.25) is 0 Å². The third kappa shape index (κ3) is 4.85. The fraction of sp³-hybridized carbons (Fsp3) is 0.611. The molecule has 1 aromatic carbocycles. The average Bonchev–Trinajstić information content (AvgIpc) is 2.48. The minimum Gasteiger partial charge on any atom is -0.392 e. The van der Waals surface area contributed by atoms with Crippen LogP contribution in [0.1, 0.15) is 38.7 Å². The lowest BCUT2D eigenvalue weighted by Crippen LogP contribution is -2.40. The number of amides is 1. The van der Waals surface area contributed by atoms with Gasteiger partial charge in [0.15, 0.2) is 0 Å². The molecule has 0 bridgehead atoms. The van der Waals surface area contributed by atoms with Crippen molar-refractivity contribution in [2.24, 2.45) is 11.8 Å². The molecule has 1 amide bonds. The molecule has 1 saturated heterocycles. The predicted molar refractivity (Wildman–Crippen MR) is 84.9 cm³/mol. The van der Waals surface area contributed by atoms with Gasteiger partial charge in [-0.25, -0.2) is 0 Å². The molecule has 0 saturated carbocycles. The van der Waals surface area contributed by atoms with Gasteiger partial charge >= 0.3 is 0 Å². The number of likely N-dealkylation sites (tertiary alicyclic amines) is 1. The molecule has 1 heterocycles. The first-order chi connectivity index (χ1) is 10.1. The van der Waals surface area contributed by atoms with Crippen LogP contribution in [-0.2, 0) is 11.2 Å². The normalized spacial score (nSPS) is 18.0. The highest BCUT2D eigenvalue weighted by molar-refractivity contribution is 5.76. The molecule has 21 heavy (non-hydrogen) atoms. The Bertz CT molecular complexity index is 436. The first-order valence-electron chi connectivity index (χ1n) is 8.06. The Morgan fingerprint density at radius 2 is 1.86 bits per heavy atom. The van der Waals surface area contributed by atoms with E-state index >= 15 is 0 Å². The number of nitrogens with zero attached hydrogens (tertiary/aromatic N) is 1. The summed E-state index contributed by atoms with van der Waals surface area (Å²) in [5, 5.41) is 9.83. The van der Waals surface area contributed by atoms with E-state index in [1.54, 1.807) is 0 Å². The predicted octanol–water partition coefficient (Wildman–Crippen LogP) is 2.87. The molecule has 1 unspecified atom stereocenters. The van der Waals surface area contributed by atoms with Crippen LogP contribution in [0.3, 0.4) is 0 Å². The van der Waals surface area contributed by atoms with Gasteiger partial charge < -0.3 is 10.0 Å². The minimum absolute atomic E-state index is 0.106. The monoisotopic (exact) mass is 289 g/mol. The summed E-state index contributed by atoms with van der Waals surface area (Å²) < 4.78 is 0. The molecule has 1 N–H and O–H groups in total. The molecule has 0 aliphatic carbocycles.